The maximum absolute atomic E-state index is 12.5. The molecule has 0 spiro atoms. The first-order chi connectivity index (χ1) is 13.8. The quantitative estimate of drug-likeness (QED) is 0.355. The molecule has 0 bridgehead atoms. The van der Waals surface area contributed by atoms with E-state index in [4.69, 9.17) is 4.74 Å². The molecule has 3 N–H and O–H groups in total. The van der Waals surface area contributed by atoms with Gasteiger partial charge in [0.15, 0.2) is 0 Å². The summed E-state index contributed by atoms with van der Waals surface area (Å²) in [4.78, 5) is 36.7. The number of amides is 3. The van der Waals surface area contributed by atoms with Crippen LogP contribution >= 0.6 is 0 Å². The number of non-ortho nitro benzene ring substituents is 1. The Morgan fingerprint density at radius 2 is 1.69 bits per heavy atom. The van der Waals surface area contributed by atoms with Crippen LogP contribution in [0.25, 0.3) is 0 Å². The highest BCUT2D eigenvalue weighted by molar-refractivity contribution is 6.04. The molecular weight excluding hydrogens is 378 g/mol. The number of nitrogens with one attached hydrogen (secondary N) is 3. The fourth-order valence-corrected chi connectivity index (χ4v) is 2.51. The Kier molecular flexibility index (Phi) is 7.49. The van der Waals surface area contributed by atoms with Crippen LogP contribution < -0.4 is 20.9 Å². The molecule has 2 aromatic carbocycles. The zero-order valence-corrected chi connectivity index (χ0v) is 16.4. The van der Waals surface area contributed by atoms with E-state index in [9.17, 15) is 19.7 Å². The van der Waals surface area contributed by atoms with Gasteiger partial charge in [-0.3, -0.25) is 14.9 Å². The highest BCUT2D eigenvalue weighted by Gasteiger charge is 2.15. The van der Waals surface area contributed by atoms with Crippen molar-refractivity contribution in [2.24, 2.45) is 0 Å². The molecule has 10 nitrogen and oxygen atoms in total. The Morgan fingerprint density at radius 1 is 1.07 bits per heavy atom. The Morgan fingerprint density at radius 3 is 2.28 bits per heavy atom. The maximum atomic E-state index is 12.5. The van der Waals surface area contributed by atoms with E-state index < -0.39 is 11.0 Å². The van der Waals surface area contributed by atoms with Gasteiger partial charge in [0.05, 0.1) is 17.1 Å². The molecule has 3 amide bonds. The molecule has 0 aliphatic carbocycles. The number of carbonyl (C=O) groups excluding carboxylic acids is 2. The lowest BCUT2D eigenvalue weighted by Gasteiger charge is -2.18. The van der Waals surface area contributed by atoms with Crippen molar-refractivity contribution in [3.05, 3.63) is 58.1 Å². The van der Waals surface area contributed by atoms with Crippen molar-refractivity contribution >= 4 is 34.7 Å². The Labute approximate surface area is 168 Å². The van der Waals surface area contributed by atoms with Gasteiger partial charge in [0.1, 0.15) is 0 Å². The summed E-state index contributed by atoms with van der Waals surface area (Å²) < 4.78 is 4.93. The number of rotatable bonds is 8. The summed E-state index contributed by atoms with van der Waals surface area (Å²) in [6.45, 7) is 0.749. The fourth-order valence-electron chi connectivity index (χ4n) is 2.51. The first-order valence-corrected chi connectivity index (χ1v) is 8.72. The van der Waals surface area contributed by atoms with Gasteiger partial charge in [-0.25, -0.2) is 4.79 Å². The lowest BCUT2D eigenvalue weighted by Crippen LogP contribution is -2.29. The first-order valence-electron chi connectivity index (χ1n) is 8.72. The second-order valence-electron chi connectivity index (χ2n) is 6.26. The predicted molar refractivity (Wildman–Crippen MR) is 111 cm³/mol. The van der Waals surface area contributed by atoms with Crippen LogP contribution in [0, 0.1) is 10.1 Å². The SMILES string of the molecule is COCCNC(=O)c1cc(NC(=O)Nc2ccc([N+](=O)[O-])cc2)ccc1N(C)C. The standard InChI is InChI=1S/C19H23N5O5/c1-23(2)17-9-6-14(12-16(17)18(25)20-10-11-29-3)22-19(26)21-13-4-7-15(8-5-13)24(27)28/h4-9,12H,10-11H2,1-3H3,(H,20,25)(H2,21,22,26). The number of urea groups is 1. The first kappa shape index (κ1) is 21.6. The summed E-state index contributed by atoms with van der Waals surface area (Å²) in [5, 5.41) is 18.7. The van der Waals surface area contributed by atoms with Gasteiger partial charge in [-0.1, -0.05) is 0 Å². The van der Waals surface area contributed by atoms with Crippen molar-refractivity contribution in [3.8, 4) is 0 Å². The normalized spacial score (nSPS) is 10.2. The van der Waals surface area contributed by atoms with E-state index in [-0.39, 0.29) is 11.6 Å². The predicted octanol–water partition coefficient (Wildman–Crippen LogP) is 2.68. The van der Waals surface area contributed by atoms with Crippen molar-refractivity contribution < 1.29 is 19.2 Å². The van der Waals surface area contributed by atoms with Gasteiger partial charge in [0, 0.05) is 56.9 Å². The van der Waals surface area contributed by atoms with E-state index in [0.717, 1.165) is 0 Å². The molecule has 0 atom stereocenters. The number of benzene rings is 2. The second kappa shape index (κ2) is 10.0. The molecular formula is C19H23N5O5. The van der Waals surface area contributed by atoms with Gasteiger partial charge in [0.2, 0.25) is 0 Å². The topological polar surface area (TPSA) is 126 Å². The third-order valence-electron chi connectivity index (χ3n) is 3.91. The zero-order chi connectivity index (χ0) is 21.4. The number of carbonyl (C=O) groups is 2. The third kappa shape index (κ3) is 6.18. The lowest BCUT2D eigenvalue weighted by molar-refractivity contribution is -0.384. The van der Waals surface area contributed by atoms with E-state index in [2.05, 4.69) is 16.0 Å². The van der Waals surface area contributed by atoms with Gasteiger partial charge < -0.3 is 25.6 Å². The van der Waals surface area contributed by atoms with E-state index in [1.165, 1.54) is 24.3 Å². The average Bonchev–Trinajstić information content (AvgIpc) is 2.68. The van der Waals surface area contributed by atoms with Gasteiger partial charge >= 0.3 is 6.03 Å². The van der Waals surface area contributed by atoms with Crippen LogP contribution in [0.3, 0.4) is 0 Å². The summed E-state index contributed by atoms with van der Waals surface area (Å²) >= 11 is 0. The molecule has 0 saturated carbocycles. The molecule has 10 heteroatoms. The Balaban J connectivity index is 2.11. The van der Waals surface area contributed by atoms with Crippen LogP contribution in [0.4, 0.5) is 27.5 Å². The summed E-state index contributed by atoms with van der Waals surface area (Å²) in [7, 11) is 5.18. The van der Waals surface area contributed by atoms with Gasteiger partial charge in [-0.05, 0) is 30.3 Å². The maximum Gasteiger partial charge on any atom is 0.323 e. The summed E-state index contributed by atoms with van der Waals surface area (Å²) in [5.41, 5.74) is 1.85. The van der Waals surface area contributed by atoms with Crippen LogP contribution in [0.1, 0.15) is 10.4 Å². The van der Waals surface area contributed by atoms with Gasteiger partial charge in [0.25, 0.3) is 11.6 Å². The van der Waals surface area contributed by atoms with Crippen molar-refractivity contribution in [1.29, 1.82) is 0 Å². The Hall–Kier alpha value is -3.66. The smallest absolute Gasteiger partial charge is 0.323 e. The molecule has 2 aromatic rings. The number of hydrogen-bond acceptors (Lipinski definition) is 6. The van der Waals surface area contributed by atoms with Crippen molar-refractivity contribution in [1.82, 2.24) is 5.32 Å². The molecule has 0 aromatic heterocycles. The number of methoxy groups -OCH3 is 1. The molecule has 0 radical (unpaired) electrons. The zero-order valence-electron chi connectivity index (χ0n) is 16.4. The van der Waals surface area contributed by atoms with Gasteiger partial charge in [-0.15, -0.1) is 0 Å². The monoisotopic (exact) mass is 401 g/mol. The van der Waals surface area contributed by atoms with Crippen LogP contribution in [-0.2, 0) is 4.74 Å². The van der Waals surface area contributed by atoms with Crippen molar-refractivity contribution in [2.75, 3.05) is 49.9 Å². The number of anilines is 3. The molecule has 29 heavy (non-hydrogen) atoms. The highest BCUT2D eigenvalue weighted by Crippen LogP contribution is 2.23. The third-order valence-corrected chi connectivity index (χ3v) is 3.91. The number of hydrogen-bond donors (Lipinski definition) is 3. The number of nitro groups is 1. The average molecular weight is 401 g/mol. The van der Waals surface area contributed by atoms with Gasteiger partial charge in [-0.2, -0.15) is 0 Å². The van der Waals surface area contributed by atoms with E-state index >= 15 is 0 Å². The van der Waals surface area contributed by atoms with Crippen LogP contribution in [0.2, 0.25) is 0 Å². The van der Waals surface area contributed by atoms with Crippen LogP contribution in [0.15, 0.2) is 42.5 Å². The van der Waals surface area contributed by atoms with E-state index in [0.29, 0.717) is 35.8 Å². The minimum Gasteiger partial charge on any atom is -0.383 e. The molecule has 0 saturated heterocycles. The van der Waals surface area contributed by atoms with Crippen molar-refractivity contribution in [3.63, 3.8) is 0 Å². The molecule has 0 unspecified atom stereocenters. The molecule has 0 aliphatic heterocycles. The van der Waals surface area contributed by atoms with Crippen molar-refractivity contribution in [2.45, 2.75) is 0 Å². The molecule has 154 valence electrons. The highest BCUT2D eigenvalue weighted by atomic mass is 16.6. The number of nitro benzene ring substituents is 1. The minimum atomic E-state index is -0.540. The lowest BCUT2D eigenvalue weighted by atomic mass is 10.1. The second-order valence-corrected chi connectivity index (χ2v) is 6.26. The van der Waals surface area contributed by atoms with E-state index in [1.54, 1.807) is 30.2 Å². The minimum absolute atomic E-state index is 0.0700. The number of nitrogens with zero attached hydrogens (tertiary/aromatic N) is 2. The fraction of sp³-hybridized carbons (Fsp3) is 0.263. The molecule has 2 rings (SSSR count). The summed E-state index contributed by atoms with van der Waals surface area (Å²) in [6.07, 6.45) is 0. The van der Waals surface area contributed by atoms with Crippen LogP contribution in [0.5, 0.6) is 0 Å². The molecule has 0 aliphatic rings. The summed E-state index contributed by atoms with van der Waals surface area (Å²) in [6, 6.07) is 9.90. The van der Waals surface area contributed by atoms with Crippen LogP contribution in [-0.4, -0.2) is 51.2 Å². The molecule has 0 heterocycles. The Bertz CT molecular complexity index is 883. The summed E-state index contributed by atoms with van der Waals surface area (Å²) in [5.74, 6) is -0.287. The number of ether oxygens (including phenoxy) is 1. The largest absolute Gasteiger partial charge is 0.383 e. The molecule has 0 fully saturated rings. The van der Waals surface area contributed by atoms with E-state index in [1.807, 2.05) is 14.1 Å².